The first kappa shape index (κ1) is 13.0. The van der Waals surface area contributed by atoms with Crippen LogP contribution in [0.2, 0.25) is 0 Å². The molecule has 0 aliphatic carbocycles. The van der Waals surface area contributed by atoms with Crippen molar-refractivity contribution < 1.29 is 0 Å². The van der Waals surface area contributed by atoms with E-state index in [9.17, 15) is 0 Å². The van der Waals surface area contributed by atoms with Crippen molar-refractivity contribution in [3.05, 3.63) is 0 Å². The summed E-state index contributed by atoms with van der Waals surface area (Å²) in [7, 11) is 0. The molecule has 0 bridgehead atoms. The van der Waals surface area contributed by atoms with Crippen LogP contribution in [0.15, 0.2) is 0 Å². The Bertz CT molecular complexity index is 168. The average Bonchev–Trinajstić information content (AvgIpc) is 2.18. The van der Waals surface area contributed by atoms with Gasteiger partial charge in [-0.3, -0.25) is 4.90 Å². The summed E-state index contributed by atoms with van der Waals surface area (Å²) in [4.78, 5) is 2.70. The van der Waals surface area contributed by atoms with Gasteiger partial charge in [-0.2, -0.15) is 0 Å². The van der Waals surface area contributed by atoms with Crippen molar-refractivity contribution in [2.75, 3.05) is 26.2 Å². The number of likely N-dealkylation sites (N-methyl/N-ethyl adjacent to an activating group) is 1. The fourth-order valence-electron chi connectivity index (χ4n) is 2.61. The lowest BCUT2D eigenvalue weighted by molar-refractivity contribution is 0.100. The third kappa shape index (κ3) is 4.12. The van der Waals surface area contributed by atoms with Gasteiger partial charge in [0.05, 0.1) is 0 Å². The summed E-state index contributed by atoms with van der Waals surface area (Å²) in [6, 6.07) is 0.729. The van der Waals surface area contributed by atoms with Crippen molar-refractivity contribution in [1.29, 1.82) is 0 Å². The zero-order chi connectivity index (χ0) is 11.3. The van der Waals surface area contributed by atoms with E-state index < -0.39 is 0 Å². The maximum Gasteiger partial charge on any atom is 0.0243 e. The van der Waals surface area contributed by atoms with Crippen LogP contribution in [0.4, 0.5) is 0 Å². The second-order valence-electron chi connectivity index (χ2n) is 5.36. The summed E-state index contributed by atoms with van der Waals surface area (Å²) in [6.07, 6.45) is 2.80. The minimum atomic E-state index is 0.729. The van der Waals surface area contributed by atoms with Gasteiger partial charge in [0.1, 0.15) is 0 Å². The molecule has 0 aromatic heterocycles. The van der Waals surface area contributed by atoms with Crippen LogP contribution in [0.1, 0.15) is 40.5 Å². The molecule has 90 valence electrons. The first-order valence-corrected chi connectivity index (χ1v) is 6.59. The van der Waals surface area contributed by atoms with Crippen molar-refractivity contribution in [2.45, 2.75) is 46.6 Å². The molecular formula is C13H28N2. The first-order chi connectivity index (χ1) is 7.15. The van der Waals surface area contributed by atoms with Crippen molar-refractivity contribution in [2.24, 2.45) is 11.8 Å². The Morgan fingerprint density at radius 1 is 1.40 bits per heavy atom. The molecule has 0 radical (unpaired) electrons. The number of rotatable bonds is 5. The van der Waals surface area contributed by atoms with Crippen molar-refractivity contribution >= 4 is 0 Å². The largest absolute Gasteiger partial charge is 0.315 e. The van der Waals surface area contributed by atoms with Gasteiger partial charge in [0, 0.05) is 19.1 Å². The Hall–Kier alpha value is -0.0800. The lowest BCUT2D eigenvalue weighted by Crippen LogP contribution is -2.49. The van der Waals surface area contributed by atoms with Gasteiger partial charge in [-0.05, 0) is 37.8 Å². The summed E-state index contributed by atoms with van der Waals surface area (Å²) in [6.45, 7) is 14.1. The third-order valence-corrected chi connectivity index (χ3v) is 3.53. The summed E-state index contributed by atoms with van der Waals surface area (Å²) in [5, 5.41) is 3.50. The molecule has 2 atom stereocenters. The topological polar surface area (TPSA) is 15.3 Å². The molecular weight excluding hydrogens is 184 g/mol. The predicted octanol–water partition coefficient (Wildman–Crippen LogP) is 2.35. The number of likely N-dealkylation sites (tertiary alicyclic amines) is 1. The van der Waals surface area contributed by atoms with E-state index in [2.05, 4.69) is 37.9 Å². The van der Waals surface area contributed by atoms with Gasteiger partial charge in [-0.1, -0.05) is 27.7 Å². The van der Waals surface area contributed by atoms with E-state index in [0.717, 1.165) is 31.0 Å². The Morgan fingerprint density at radius 3 is 2.67 bits per heavy atom. The second-order valence-corrected chi connectivity index (χ2v) is 5.36. The molecule has 2 nitrogen and oxygen atoms in total. The second kappa shape index (κ2) is 6.49. The van der Waals surface area contributed by atoms with Crippen LogP contribution in [-0.4, -0.2) is 37.1 Å². The highest BCUT2D eigenvalue weighted by Crippen LogP contribution is 2.20. The van der Waals surface area contributed by atoms with Crippen molar-refractivity contribution in [3.63, 3.8) is 0 Å². The quantitative estimate of drug-likeness (QED) is 0.752. The van der Waals surface area contributed by atoms with Crippen LogP contribution in [-0.2, 0) is 0 Å². The Labute approximate surface area is 95.4 Å². The fourth-order valence-corrected chi connectivity index (χ4v) is 2.61. The molecule has 2 heteroatoms. The zero-order valence-corrected chi connectivity index (χ0v) is 10.9. The molecule has 1 saturated heterocycles. The van der Waals surface area contributed by atoms with Crippen LogP contribution in [0.3, 0.4) is 0 Å². The molecule has 0 spiro atoms. The van der Waals surface area contributed by atoms with Crippen molar-refractivity contribution in [1.82, 2.24) is 10.2 Å². The predicted molar refractivity (Wildman–Crippen MR) is 67.1 cm³/mol. The van der Waals surface area contributed by atoms with Crippen LogP contribution in [0.25, 0.3) is 0 Å². The molecule has 0 saturated carbocycles. The van der Waals surface area contributed by atoms with Crippen LogP contribution >= 0.6 is 0 Å². The minimum Gasteiger partial charge on any atom is -0.315 e. The molecule has 1 fully saturated rings. The number of hydrogen-bond donors (Lipinski definition) is 1. The molecule has 1 heterocycles. The highest BCUT2D eigenvalue weighted by molar-refractivity contribution is 4.81. The Morgan fingerprint density at radius 2 is 2.13 bits per heavy atom. The highest BCUT2D eigenvalue weighted by atomic mass is 15.2. The smallest absolute Gasteiger partial charge is 0.0243 e. The van der Waals surface area contributed by atoms with Crippen LogP contribution < -0.4 is 5.32 Å². The number of piperidine rings is 1. The standard InChI is InChI=1S/C13H28N2/c1-5-14-9-13(11(2)3)15-8-6-7-12(4)10-15/h11-14H,5-10H2,1-4H3. The molecule has 1 aliphatic heterocycles. The Kier molecular flexibility index (Phi) is 5.62. The van der Waals surface area contributed by atoms with Gasteiger partial charge in [-0.15, -0.1) is 0 Å². The Balaban J connectivity index is 2.46. The highest BCUT2D eigenvalue weighted by Gasteiger charge is 2.25. The summed E-state index contributed by atoms with van der Waals surface area (Å²) in [5.74, 6) is 1.65. The molecule has 0 amide bonds. The van der Waals surface area contributed by atoms with E-state index in [1.54, 1.807) is 0 Å². The van der Waals surface area contributed by atoms with Crippen LogP contribution in [0, 0.1) is 11.8 Å². The number of hydrogen-bond acceptors (Lipinski definition) is 2. The van der Waals surface area contributed by atoms with Gasteiger partial charge < -0.3 is 5.32 Å². The summed E-state index contributed by atoms with van der Waals surface area (Å²) >= 11 is 0. The summed E-state index contributed by atoms with van der Waals surface area (Å²) in [5.41, 5.74) is 0. The zero-order valence-electron chi connectivity index (χ0n) is 10.9. The number of nitrogens with one attached hydrogen (secondary N) is 1. The molecule has 0 aromatic carbocycles. The normalized spacial score (nSPS) is 25.8. The SMILES string of the molecule is CCNCC(C(C)C)N1CCCC(C)C1. The van der Waals surface area contributed by atoms with E-state index in [0.29, 0.717) is 0 Å². The summed E-state index contributed by atoms with van der Waals surface area (Å²) < 4.78 is 0. The monoisotopic (exact) mass is 212 g/mol. The van der Waals surface area contributed by atoms with Gasteiger partial charge in [0.2, 0.25) is 0 Å². The van der Waals surface area contributed by atoms with Crippen molar-refractivity contribution in [3.8, 4) is 0 Å². The molecule has 15 heavy (non-hydrogen) atoms. The molecule has 1 aliphatic rings. The molecule has 1 N–H and O–H groups in total. The maximum absolute atomic E-state index is 3.50. The van der Waals surface area contributed by atoms with E-state index in [-0.39, 0.29) is 0 Å². The van der Waals surface area contributed by atoms with Crippen LogP contribution in [0.5, 0.6) is 0 Å². The maximum atomic E-state index is 3.50. The third-order valence-electron chi connectivity index (χ3n) is 3.53. The lowest BCUT2D eigenvalue weighted by atomic mass is 9.95. The molecule has 2 unspecified atom stereocenters. The van der Waals surface area contributed by atoms with E-state index in [1.807, 2.05) is 0 Å². The number of nitrogens with zero attached hydrogens (tertiary/aromatic N) is 1. The first-order valence-electron chi connectivity index (χ1n) is 6.59. The fraction of sp³-hybridized carbons (Fsp3) is 1.00. The van der Waals surface area contributed by atoms with Gasteiger partial charge in [-0.25, -0.2) is 0 Å². The minimum absolute atomic E-state index is 0.729. The van der Waals surface area contributed by atoms with Gasteiger partial charge in [0.25, 0.3) is 0 Å². The lowest BCUT2D eigenvalue weighted by Gasteiger charge is -2.39. The van der Waals surface area contributed by atoms with Gasteiger partial charge in [0.15, 0.2) is 0 Å². The van der Waals surface area contributed by atoms with E-state index in [4.69, 9.17) is 0 Å². The molecule has 1 rings (SSSR count). The average molecular weight is 212 g/mol. The van der Waals surface area contributed by atoms with Gasteiger partial charge >= 0.3 is 0 Å². The molecule has 0 aromatic rings. The van der Waals surface area contributed by atoms with E-state index >= 15 is 0 Å². The van der Waals surface area contributed by atoms with E-state index in [1.165, 1.54) is 25.9 Å².